The van der Waals surface area contributed by atoms with E-state index < -0.39 is 48.8 Å². The zero-order valence-corrected chi connectivity index (χ0v) is 20.4. The maximum absolute atomic E-state index is 13.4. The van der Waals surface area contributed by atoms with Crippen LogP contribution in [0.15, 0.2) is 23.8 Å². The summed E-state index contributed by atoms with van der Waals surface area (Å²) in [6, 6.07) is 0. The van der Waals surface area contributed by atoms with Crippen LogP contribution < -0.4 is 0 Å². The van der Waals surface area contributed by atoms with Crippen LogP contribution in [0.25, 0.3) is 0 Å². The van der Waals surface area contributed by atoms with E-state index in [4.69, 9.17) is 9.47 Å². The van der Waals surface area contributed by atoms with Crippen LogP contribution in [0.1, 0.15) is 59.3 Å². The monoisotopic (exact) mass is 480 g/mol. The van der Waals surface area contributed by atoms with Crippen molar-refractivity contribution in [2.75, 3.05) is 13.2 Å². The highest BCUT2D eigenvalue weighted by atomic mass is 16.7. The molecule has 2 fully saturated rings. The summed E-state index contributed by atoms with van der Waals surface area (Å²) >= 11 is 0. The molecule has 1 heterocycles. The van der Waals surface area contributed by atoms with E-state index in [0.717, 1.165) is 24.8 Å². The highest BCUT2D eigenvalue weighted by molar-refractivity contribution is 5.98. The quantitative estimate of drug-likeness (QED) is 0.371. The Morgan fingerprint density at radius 3 is 2.47 bits per heavy atom. The molecular weight excluding hydrogens is 440 g/mol. The zero-order valence-electron chi connectivity index (χ0n) is 20.4. The molecule has 4 rings (SSSR count). The minimum absolute atomic E-state index is 0.00260. The normalized spacial score (nSPS) is 49.4. The lowest BCUT2D eigenvalue weighted by molar-refractivity contribution is -0.311. The second-order valence-corrected chi connectivity index (χ2v) is 11.7. The molecule has 0 amide bonds. The van der Waals surface area contributed by atoms with Gasteiger partial charge in [-0.25, -0.2) is 0 Å². The van der Waals surface area contributed by atoms with Gasteiger partial charge in [-0.05, 0) is 54.4 Å². The van der Waals surface area contributed by atoms with E-state index in [1.165, 1.54) is 5.57 Å². The molecule has 8 heteroatoms. The van der Waals surface area contributed by atoms with Crippen LogP contribution in [0.3, 0.4) is 0 Å². The molecule has 1 saturated heterocycles. The van der Waals surface area contributed by atoms with Gasteiger partial charge >= 0.3 is 0 Å². The molecule has 0 unspecified atom stereocenters. The van der Waals surface area contributed by atoms with Crippen LogP contribution >= 0.6 is 0 Å². The van der Waals surface area contributed by atoms with Crippen molar-refractivity contribution < 1.29 is 39.8 Å². The first kappa shape index (κ1) is 25.9. The van der Waals surface area contributed by atoms with E-state index in [9.17, 15) is 30.3 Å². The smallest absolute Gasteiger partial charge is 0.186 e. The number of hydrogen-bond acceptors (Lipinski definition) is 8. The third-order valence-corrected chi connectivity index (χ3v) is 9.47. The molecule has 0 radical (unpaired) electrons. The first-order valence-electron chi connectivity index (χ1n) is 12.4. The summed E-state index contributed by atoms with van der Waals surface area (Å²) in [6.07, 6.45) is -1.48. The number of carbonyl (C=O) groups is 1. The van der Waals surface area contributed by atoms with Gasteiger partial charge in [-0.1, -0.05) is 32.4 Å². The Kier molecular flexibility index (Phi) is 6.92. The van der Waals surface area contributed by atoms with E-state index in [1.807, 2.05) is 13.0 Å². The number of hydrogen-bond donors (Lipinski definition) is 5. The van der Waals surface area contributed by atoms with Crippen LogP contribution in [0.2, 0.25) is 0 Å². The molecule has 0 aromatic carbocycles. The summed E-state index contributed by atoms with van der Waals surface area (Å²) in [7, 11) is 0. The van der Waals surface area contributed by atoms with Crippen molar-refractivity contribution in [1.29, 1.82) is 0 Å². The Balaban J connectivity index is 1.59. The van der Waals surface area contributed by atoms with Gasteiger partial charge in [-0.15, -0.1) is 6.58 Å². The molecule has 0 aromatic heterocycles. The predicted octanol–water partition coefficient (Wildman–Crippen LogP) is 1.23. The molecule has 5 N–H and O–H groups in total. The Morgan fingerprint density at radius 2 is 1.82 bits per heavy atom. The summed E-state index contributed by atoms with van der Waals surface area (Å²) in [5.41, 5.74) is 1.01. The highest BCUT2D eigenvalue weighted by Gasteiger charge is 2.59. The number of allylic oxidation sites excluding steroid dienone is 3. The number of Topliss-reactive ketones (excluding diaryl/α,β-unsaturated/α-hetero) is 1. The number of rotatable bonds is 5. The fourth-order valence-electron chi connectivity index (χ4n) is 6.92. The molecular formula is C26H40O8. The fourth-order valence-corrected chi connectivity index (χ4v) is 6.92. The second kappa shape index (κ2) is 9.07. The third-order valence-electron chi connectivity index (χ3n) is 9.47. The van der Waals surface area contributed by atoms with E-state index in [-0.39, 0.29) is 29.1 Å². The van der Waals surface area contributed by atoms with Gasteiger partial charge in [-0.3, -0.25) is 4.79 Å². The van der Waals surface area contributed by atoms with E-state index in [0.29, 0.717) is 19.3 Å². The third kappa shape index (κ3) is 4.01. The van der Waals surface area contributed by atoms with Gasteiger partial charge in [0.05, 0.1) is 19.3 Å². The van der Waals surface area contributed by atoms with Crippen LogP contribution in [0.4, 0.5) is 0 Å². The topological polar surface area (TPSA) is 137 Å². The van der Waals surface area contributed by atoms with Gasteiger partial charge in [0.2, 0.25) is 0 Å². The Hall–Kier alpha value is -1.13. The van der Waals surface area contributed by atoms with Crippen LogP contribution in [0, 0.1) is 22.2 Å². The summed E-state index contributed by atoms with van der Waals surface area (Å²) in [5, 5.41) is 51.1. The number of carbonyl (C=O) groups excluding carboxylic acids is 1. The van der Waals surface area contributed by atoms with Gasteiger partial charge in [0, 0.05) is 11.8 Å². The van der Waals surface area contributed by atoms with Crippen molar-refractivity contribution in [1.82, 2.24) is 0 Å². The van der Waals surface area contributed by atoms with Crippen molar-refractivity contribution in [3.63, 3.8) is 0 Å². The van der Waals surface area contributed by atoms with Gasteiger partial charge in [0.1, 0.15) is 24.4 Å². The van der Waals surface area contributed by atoms with Crippen molar-refractivity contribution in [2.24, 2.45) is 22.2 Å². The molecule has 0 aromatic rings. The van der Waals surface area contributed by atoms with E-state index in [2.05, 4.69) is 20.4 Å². The van der Waals surface area contributed by atoms with Gasteiger partial charge in [-0.2, -0.15) is 0 Å². The fraction of sp³-hybridized carbons (Fsp3) is 0.808. The van der Waals surface area contributed by atoms with E-state index in [1.54, 1.807) is 0 Å². The first-order valence-corrected chi connectivity index (χ1v) is 12.4. The SMILES string of the molecule is C=C[C@@]1(C)CCC2=C(C1)C(=O)C[C@H]1[C@@](C)(CO[C@H]3O[C@H](CO)[C@@H](O)[C@H](O)[C@H]3O)[C@@H](O)CC[C@]21C. The summed E-state index contributed by atoms with van der Waals surface area (Å²) < 4.78 is 11.4. The molecule has 10 atom stereocenters. The minimum Gasteiger partial charge on any atom is -0.394 e. The Labute approximate surface area is 201 Å². The minimum atomic E-state index is -1.53. The summed E-state index contributed by atoms with van der Waals surface area (Å²) in [5.74, 6) is -0.0358. The highest BCUT2D eigenvalue weighted by Crippen LogP contribution is 2.62. The number of ether oxygens (including phenoxy) is 2. The largest absolute Gasteiger partial charge is 0.394 e. The molecule has 1 aliphatic heterocycles. The average Bonchev–Trinajstić information content (AvgIpc) is 2.82. The molecule has 3 aliphatic carbocycles. The number of aliphatic hydroxyl groups excluding tert-OH is 5. The summed E-state index contributed by atoms with van der Waals surface area (Å²) in [4.78, 5) is 13.4. The molecule has 8 nitrogen and oxygen atoms in total. The molecule has 0 spiro atoms. The molecule has 192 valence electrons. The second-order valence-electron chi connectivity index (χ2n) is 11.7. The van der Waals surface area contributed by atoms with E-state index >= 15 is 0 Å². The molecule has 34 heavy (non-hydrogen) atoms. The maximum Gasteiger partial charge on any atom is 0.186 e. The maximum atomic E-state index is 13.4. The molecule has 0 bridgehead atoms. The first-order chi connectivity index (χ1) is 15.9. The Morgan fingerprint density at radius 1 is 1.12 bits per heavy atom. The Bertz CT molecular complexity index is 854. The lowest BCUT2D eigenvalue weighted by Crippen LogP contribution is -2.61. The lowest BCUT2D eigenvalue weighted by Gasteiger charge is -2.59. The number of fused-ring (bicyclic) bond motifs is 2. The van der Waals surface area contributed by atoms with Crippen LogP contribution in [-0.2, 0) is 14.3 Å². The number of ketones is 1. The van der Waals surface area contributed by atoms with Gasteiger partial charge < -0.3 is 35.0 Å². The molecule has 4 aliphatic rings. The number of aliphatic hydroxyl groups is 5. The van der Waals surface area contributed by atoms with Crippen molar-refractivity contribution >= 4 is 5.78 Å². The zero-order chi connectivity index (χ0) is 25.1. The molecule has 1 saturated carbocycles. The van der Waals surface area contributed by atoms with Crippen molar-refractivity contribution in [3.05, 3.63) is 23.8 Å². The van der Waals surface area contributed by atoms with Gasteiger partial charge in [0.15, 0.2) is 12.1 Å². The standard InChI is InChI=1S/C26H40O8/c1-5-24(2)8-6-15-14(11-24)16(28)10-18-25(15,3)9-7-19(29)26(18,4)13-33-23-22(32)21(31)20(30)17(12-27)34-23/h5,17-23,27,29-32H,1,6-13H2,2-4H3/t17-,18-,19+,20-,21+,22-,23+,24+,25-,26-/m1/s1. The lowest BCUT2D eigenvalue weighted by atomic mass is 9.46. The van der Waals surface area contributed by atoms with Crippen molar-refractivity contribution in [2.45, 2.75) is 96.1 Å². The predicted molar refractivity (Wildman–Crippen MR) is 123 cm³/mol. The van der Waals surface area contributed by atoms with Gasteiger partial charge in [0.25, 0.3) is 0 Å². The van der Waals surface area contributed by atoms with Crippen molar-refractivity contribution in [3.8, 4) is 0 Å². The van der Waals surface area contributed by atoms with Crippen LogP contribution in [0.5, 0.6) is 0 Å². The summed E-state index contributed by atoms with van der Waals surface area (Å²) in [6.45, 7) is 9.70. The van der Waals surface area contributed by atoms with Crippen LogP contribution in [-0.4, -0.2) is 81.3 Å². The average molecular weight is 481 g/mol.